The van der Waals surface area contributed by atoms with Crippen LogP contribution in [0, 0.1) is 0 Å². The largest absolute Gasteiger partial charge is 0.454 e. The molecule has 0 saturated carbocycles. The van der Waals surface area contributed by atoms with Crippen molar-refractivity contribution >= 4 is 23.8 Å². The van der Waals surface area contributed by atoms with Crippen LogP contribution in [0.15, 0.2) is 24.3 Å². The summed E-state index contributed by atoms with van der Waals surface area (Å²) < 4.78 is 5.09. The first-order valence-corrected chi connectivity index (χ1v) is 10.5. The number of esters is 1. The summed E-state index contributed by atoms with van der Waals surface area (Å²) in [7, 11) is 1.71. The first kappa shape index (κ1) is 21.8. The van der Waals surface area contributed by atoms with Gasteiger partial charge in [-0.1, -0.05) is 38.1 Å². The Morgan fingerprint density at radius 1 is 1.23 bits per heavy atom. The van der Waals surface area contributed by atoms with E-state index >= 15 is 0 Å². The maximum absolute atomic E-state index is 12.6. The van der Waals surface area contributed by atoms with Gasteiger partial charge in [-0.25, -0.2) is 4.79 Å². The topological polar surface area (TPSA) is 96.0 Å². The number of imide groups is 1. The number of aryl methyl sites for hydroxylation is 1. The zero-order valence-electron chi connectivity index (χ0n) is 17.8. The van der Waals surface area contributed by atoms with Gasteiger partial charge in [-0.2, -0.15) is 0 Å². The van der Waals surface area contributed by atoms with E-state index in [-0.39, 0.29) is 11.9 Å². The number of likely N-dealkylation sites (N-methyl/N-ethyl adjacent to an activating group) is 1. The molecule has 0 bridgehead atoms. The summed E-state index contributed by atoms with van der Waals surface area (Å²) in [6.45, 7) is 2.68. The van der Waals surface area contributed by atoms with Crippen molar-refractivity contribution in [2.24, 2.45) is 0 Å². The third-order valence-electron chi connectivity index (χ3n) is 6.30. The van der Waals surface area contributed by atoms with Crippen LogP contribution in [-0.2, 0) is 25.5 Å². The van der Waals surface area contributed by atoms with Gasteiger partial charge >= 0.3 is 12.0 Å². The summed E-state index contributed by atoms with van der Waals surface area (Å²) in [4.78, 5) is 52.0. The predicted molar refractivity (Wildman–Crippen MR) is 109 cm³/mol. The zero-order valence-corrected chi connectivity index (χ0v) is 17.8. The van der Waals surface area contributed by atoms with Crippen molar-refractivity contribution in [3.63, 3.8) is 0 Å². The molecule has 0 spiro atoms. The minimum absolute atomic E-state index is 0.0539. The van der Waals surface area contributed by atoms with Crippen LogP contribution >= 0.6 is 0 Å². The molecule has 0 radical (unpaired) electrons. The SMILES string of the molecule is CCC1(CC)NC(=O)N(CC(=O)OCC(=O)N(C)[C@H]2CCCc3ccccc32)C1=O. The van der Waals surface area contributed by atoms with Crippen LogP contribution in [0.25, 0.3) is 0 Å². The molecule has 4 amide bonds. The third kappa shape index (κ3) is 4.04. The average molecular weight is 415 g/mol. The van der Waals surface area contributed by atoms with Crippen LogP contribution in [0.4, 0.5) is 4.79 Å². The quantitative estimate of drug-likeness (QED) is 0.544. The van der Waals surface area contributed by atoms with Gasteiger partial charge in [0.2, 0.25) is 0 Å². The van der Waals surface area contributed by atoms with E-state index in [0.717, 1.165) is 29.7 Å². The number of hydrogen-bond donors (Lipinski definition) is 1. The van der Waals surface area contributed by atoms with E-state index in [0.29, 0.717) is 12.8 Å². The van der Waals surface area contributed by atoms with Crippen molar-refractivity contribution in [1.29, 1.82) is 0 Å². The molecule has 1 N–H and O–H groups in total. The second-order valence-corrected chi connectivity index (χ2v) is 7.88. The minimum atomic E-state index is -0.970. The number of fused-ring (bicyclic) bond motifs is 1. The number of hydrogen-bond acceptors (Lipinski definition) is 5. The fourth-order valence-corrected chi connectivity index (χ4v) is 4.27. The minimum Gasteiger partial charge on any atom is -0.454 e. The summed E-state index contributed by atoms with van der Waals surface area (Å²) in [5.74, 6) is -1.54. The molecule has 162 valence electrons. The number of rotatable bonds is 7. The van der Waals surface area contributed by atoms with Gasteiger partial charge in [0.25, 0.3) is 11.8 Å². The maximum Gasteiger partial charge on any atom is 0.326 e. The highest BCUT2D eigenvalue weighted by Gasteiger charge is 2.49. The first-order valence-electron chi connectivity index (χ1n) is 10.5. The van der Waals surface area contributed by atoms with Crippen LogP contribution in [0.2, 0.25) is 0 Å². The lowest BCUT2D eigenvalue weighted by Crippen LogP contribution is -2.46. The number of carbonyl (C=O) groups excluding carboxylic acids is 4. The molecule has 30 heavy (non-hydrogen) atoms. The van der Waals surface area contributed by atoms with Gasteiger partial charge in [-0.05, 0) is 43.2 Å². The number of nitrogens with zero attached hydrogens (tertiary/aromatic N) is 2. The average Bonchev–Trinajstić information content (AvgIpc) is 3.01. The van der Waals surface area contributed by atoms with Crippen LogP contribution < -0.4 is 5.32 Å². The Balaban J connectivity index is 1.56. The first-order chi connectivity index (χ1) is 14.3. The molecule has 1 fully saturated rings. The van der Waals surface area contributed by atoms with Gasteiger partial charge in [0.1, 0.15) is 12.1 Å². The van der Waals surface area contributed by atoms with E-state index in [2.05, 4.69) is 11.4 Å². The molecule has 8 heteroatoms. The number of amides is 4. The molecule has 8 nitrogen and oxygen atoms in total. The zero-order chi connectivity index (χ0) is 21.9. The summed E-state index contributed by atoms with van der Waals surface area (Å²) in [5.41, 5.74) is 1.39. The van der Waals surface area contributed by atoms with E-state index in [4.69, 9.17) is 4.74 Å². The lowest BCUT2D eigenvalue weighted by molar-refractivity contribution is -0.154. The highest BCUT2D eigenvalue weighted by molar-refractivity contribution is 6.08. The second kappa shape index (κ2) is 8.85. The highest BCUT2D eigenvalue weighted by atomic mass is 16.5. The molecule has 2 aliphatic rings. The van der Waals surface area contributed by atoms with Crippen molar-refractivity contribution in [3.05, 3.63) is 35.4 Å². The second-order valence-electron chi connectivity index (χ2n) is 7.88. The van der Waals surface area contributed by atoms with Gasteiger partial charge in [0.05, 0.1) is 6.04 Å². The van der Waals surface area contributed by atoms with Gasteiger partial charge in [0, 0.05) is 7.05 Å². The Bertz CT molecular complexity index is 849. The van der Waals surface area contributed by atoms with E-state index in [9.17, 15) is 19.2 Å². The Morgan fingerprint density at radius 2 is 1.93 bits per heavy atom. The summed E-state index contributed by atoms with van der Waals surface area (Å²) in [6.07, 6.45) is 3.71. The Morgan fingerprint density at radius 3 is 2.60 bits per heavy atom. The molecule has 1 aliphatic heterocycles. The Kier molecular flexibility index (Phi) is 6.43. The maximum atomic E-state index is 12.6. The molecule has 0 aromatic heterocycles. The van der Waals surface area contributed by atoms with Crippen molar-refractivity contribution in [1.82, 2.24) is 15.1 Å². The van der Waals surface area contributed by atoms with Crippen LogP contribution in [-0.4, -0.2) is 59.4 Å². The normalized spacial score (nSPS) is 19.8. The fourth-order valence-electron chi connectivity index (χ4n) is 4.27. The highest BCUT2D eigenvalue weighted by Crippen LogP contribution is 2.33. The Labute approximate surface area is 176 Å². The fraction of sp³-hybridized carbons (Fsp3) is 0.545. The van der Waals surface area contributed by atoms with Crippen molar-refractivity contribution < 1.29 is 23.9 Å². The summed E-state index contributed by atoms with van der Waals surface area (Å²) >= 11 is 0. The molecular weight excluding hydrogens is 386 g/mol. The van der Waals surface area contributed by atoms with Gasteiger partial charge in [-0.3, -0.25) is 19.3 Å². The summed E-state index contributed by atoms with van der Waals surface area (Å²) in [6, 6.07) is 7.39. The molecule has 1 aromatic rings. The predicted octanol–water partition coefficient (Wildman–Crippen LogP) is 2.18. The van der Waals surface area contributed by atoms with Crippen molar-refractivity contribution in [3.8, 4) is 0 Å². The molecule has 1 saturated heterocycles. The number of benzene rings is 1. The van der Waals surface area contributed by atoms with Crippen molar-refractivity contribution in [2.75, 3.05) is 20.2 Å². The van der Waals surface area contributed by atoms with Crippen molar-refractivity contribution in [2.45, 2.75) is 57.5 Å². The van der Waals surface area contributed by atoms with E-state index in [1.54, 1.807) is 25.8 Å². The van der Waals surface area contributed by atoms with E-state index < -0.39 is 36.6 Å². The summed E-state index contributed by atoms with van der Waals surface area (Å²) in [5, 5.41) is 2.66. The van der Waals surface area contributed by atoms with Crippen LogP contribution in [0.3, 0.4) is 0 Å². The van der Waals surface area contributed by atoms with E-state index in [1.807, 2.05) is 18.2 Å². The van der Waals surface area contributed by atoms with E-state index in [1.165, 1.54) is 5.56 Å². The molecule has 1 aliphatic carbocycles. The lowest BCUT2D eigenvalue weighted by atomic mass is 9.87. The standard InChI is InChI=1S/C22H29N3O5/c1-4-22(5-2)20(28)25(21(29)23-22)13-19(27)30-14-18(26)24(3)17-12-8-10-15-9-6-7-11-16(15)17/h6-7,9,11,17H,4-5,8,10,12-14H2,1-3H3,(H,23,29)/t17-/m0/s1. The lowest BCUT2D eigenvalue weighted by Gasteiger charge is -2.33. The molecule has 3 rings (SSSR count). The number of nitrogens with one attached hydrogen (secondary N) is 1. The number of urea groups is 1. The molecule has 1 atom stereocenters. The third-order valence-corrected chi connectivity index (χ3v) is 6.30. The molecule has 1 aromatic carbocycles. The molecular formula is C22H29N3O5. The smallest absolute Gasteiger partial charge is 0.326 e. The monoisotopic (exact) mass is 415 g/mol. The van der Waals surface area contributed by atoms with Crippen LogP contribution in [0.5, 0.6) is 0 Å². The van der Waals surface area contributed by atoms with Gasteiger partial charge in [0.15, 0.2) is 6.61 Å². The van der Waals surface area contributed by atoms with Gasteiger partial charge in [-0.15, -0.1) is 0 Å². The molecule has 0 unspecified atom stereocenters. The molecule has 1 heterocycles. The number of ether oxygens (including phenoxy) is 1. The van der Waals surface area contributed by atoms with Gasteiger partial charge < -0.3 is 15.0 Å². The van der Waals surface area contributed by atoms with Crippen LogP contribution in [0.1, 0.15) is 56.7 Å². The Hall–Kier alpha value is -2.90. The number of carbonyl (C=O) groups is 4.